The van der Waals surface area contributed by atoms with E-state index in [2.05, 4.69) is 4.98 Å². The number of amides is 1. The van der Waals surface area contributed by atoms with E-state index < -0.39 is 0 Å². The van der Waals surface area contributed by atoms with Crippen molar-refractivity contribution in [2.45, 2.75) is 25.9 Å². The molecule has 0 spiro atoms. The number of ether oxygens (including phenoxy) is 1. The van der Waals surface area contributed by atoms with Crippen LogP contribution in [0.1, 0.15) is 18.5 Å². The fourth-order valence-electron chi connectivity index (χ4n) is 1.85. The van der Waals surface area contributed by atoms with Gasteiger partial charge >= 0.3 is 0 Å². The minimum atomic E-state index is 0.0688. The molecule has 0 unspecified atom stereocenters. The smallest absolute Gasteiger partial charge is 0.222 e. The number of hydrogen-bond donors (Lipinski definition) is 0. The first-order valence-corrected chi connectivity index (χ1v) is 6.66. The summed E-state index contributed by atoms with van der Waals surface area (Å²) in [5.74, 6) is 1.33. The van der Waals surface area contributed by atoms with E-state index in [1.165, 1.54) is 0 Å². The van der Waals surface area contributed by atoms with Crippen molar-refractivity contribution in [3.63, 3.8) is 0 Å². The van der Waals surface area contributed by atoms with E-state index in [0.717, 1.165) is 12.1 Å². The number of pyridine rings is 1. The van der Waals surface area contributed by atoms with Gasteiger partial charge in [0.2, 0.25) is 11.8 Å². The van der Waals surface area contributed by atoms with E-state index in [1.807, 2.05) is 25.1 Å². The van der Waals surface area contributed by atoms with E-state index in [-0.39, 0.29) is 12.0 Å². The van der Waals surface area contributed by atoms with Crippen LogP contribution in [0.5, 0.6) is 5.88 Å². The average molecular weight is 269 g/mol. The molecule has 1 aromatic heterocycles. The van der Waals surface area contributed by atoms with Crippen LogP contribution in [0.2, 0.25) is 0 Å². The Balaban J connectivity index is 1.74. The minimum absolute atomic E-state index is 0.0688. The Morgan fingerprint density at radius 3 is 3.00 bits per heavy atom. The van der Waals surface area contributed by atoms with Crippen molar-refractivity contribution in [3.05, 3.63) is 23.9 Å². The van der Waals surface area contributed by atoms with Gasteiger partial charge in [-0.15, -0.1) is 11.6 Å². The fraction of sp³-hybridized carbons (Fsp3) is 0.538. The molecule has 0 bridgehead atoms. The van der Waals surface area contributed by atoms with Crippen LogP contribution in [0.3, 0.4) is 0 Å². The molecule has 1 aromatic rings. The van der Waals surface area contributed by atoms with Crippen LogP contribution >= 0.6 is 11.6 Å². The molecule has 0 saturated carbocycles. The van der Waals surface area contributed by atoms with Crippen LogP contribution in [0.25, 0.3) is 0 Å². The molecule has 0 N–H and O–H groups in total. The van der Waals surface area contributed by atoms with Gasteiger partial charge in [-0.2, -0.15) is 0 Å². The van der Waals surface area contributed by atoms with E-state index >= 15 is 0 Å². The quantitative estimate of drug-likeness (QED) is 0.767. The van der Waals surface area contributed by atoms with Crippen molar-refractivity contribution in [1.82, 2.24) is 9.88 Å². The SMILES string of the molecule is Cc1cccc(OC2CN(C(=O)CCCCl)C2)n1. The van der Waals surface area contributed by atoms with Crippen LogP contribution < -0.4 is 4.74 Å². The molecule has 1 aliphatic heterocycles. The fourth-order valence-corrected chi connectivity index (χ4v) is 1.98. The van der Waals surface area contributed by atoms with Crippen LogP contribution in [0.15, 0.2) is 18.2 Å². The Hall–Kier alpha value is -1.29. The summed E-state index contributed by atoms with van der Waals surface area (Å²) in [5.41, 5.74) is 0.932. The number of alkyl halides is 1. The lowest BCUT2D eigenvalue weighted by atomic mass is 10.1. The predicted octanol–water partition coefficient (Wildman–Crippen LogP) is 2.00. The van der Waals surface area contributed by atoms with Gasteiger partial charge in [-0.1, -0.05) is 6.07 Å². The summed E-state index contributed by atoms with van der Waals surface area (Å²) in [6, 6.07) is 5.68. The van der Waals surface area contributed by atoms with Crippen molar-refractivity contribution in [2.24, 2.45) is 0 Å². The molecule has 0 aromatic carbocycles. The Labute approximate surface area is 112 Å². The number of aryl methyl sites for hydroxylation is 1. The molecule has 0 aliphatic carbocycles. The summed E-state index contributed by atoms with van der Waals surface area (Å²) in [7, 11) is 0. The zero-order chi connectivity index (χ0) is 13.0. The van der Waals surface area contributed by atoms with E-state index in [1.54, 1.807) is 4.90 Å². The van der Waals surface area contributed by atoms with Crippen LogP contribution in [0.4, 0.5) is 0 Å². The first-order valence-electron chi connectivity index (χ1n) is 6.13. The second-order valence-corrected chi connectivity index (χ2v) is 4.83. The lowest BCUT2D eigenvalue weighted by Crippen LogP contribution is -2.56. The number of carbonyl (C=O) groups excluding carboxylic acids is 1. The van der Waals surface area contributed by atoms with Crippen molar-refractivity contribution in [3.8, 4) is 5.88 Å². The minimum Gasteiger partial charge on any atom is -0.471 e. The average Bonchev–Trinajstić information content (AvgIpc) is 2.30. The summed E-state index contributed by atoms with van der Waals surface area (Å²) >= 11 is 5.56. The zero-order valence-corrected chi connectivity index (χ0v) is 11.2. The van der Waals surface area contributed by atoms with Crippen LogP contribution in [0, 0.1) is 6.92 Å². The molecule has 1 amide bonds. The highest BCUT2D eigenvalue weighted by atomic mass is 35.5. The van der Waals surface area contributed by atoms with Crippen molar-refractivity contribution in [1.29, 1.82) is 0 Å². The van der Waals surface area contributed by atoms with Crippen molar-refractivity contribution < 1.29 is 9.53 Å². The zero-order valence-electron chi connectivity index (χ0n) is 10.4. The number of hydrogen-bond acceptors (Lipinski definition) is 3. The third kappa shape index (κ3) is 3.35. The molecule has 0 atom stereocenters. The normalized spacial score (nSPS) is 15.3. The topological polar surface area (TPSA) is 42.4 Å². The number of rotatable bonds is 5. The molecule has 18 heavy (non-hydrogen) atoms. The largest absolute Gasteiger partial charge is 0.471 e. The van der Waals surface area contributed by atoms with Gasteiger partial charge in [0.1, 0.15) is 6.10 Å². The lowest BCUT2D eigenvalue weighted by Gasteiger charge is -2.38. The van der Waals surface area contributed by atoms with Crippen LogP contribution in [-0.2, 0) is 4.79 Å². The third-order valence-corrected chi connectivity index (χ3v) is 3.14. The summed E-state index contributed by atoms with van der Waals surface area (Å²) in [5, 5.41) is 0. The van der Waals surface area contributed by atoms with Crippen molar-refractivity contribution >= 4 is 17.5 Å². The number of aromatic nitrogens is 1. The van der Waals surface area contributed by atoms with Gasteiger partial charge < -0.3 is 9.64 Å². The first-order chi connectivity index (χ1) is 8.69. The molecule has 1 aliphatic rings. The maximum absolute atomic E-state index is 11.6. The molecule has 1 saturated heterocycles. The molecular weight excluding hydrogens is 252 g/mol. The number of likely N-dealkylation sites (tertiary alicyclic amines) is 1. The highest BCUT2D eigenvalue weighted by Crippen LogP contribution is 2.17. The molecular formula is C13H17ClN2O2. The molecule has 1 fully saturated rings. The highest BCUT2D eigenvalue weighted by Gasteiger charge is 2.31. The highest BCUT2D eigenvalue weighted by molar-refractivity contribution is 6.17. The van der Waals surface area contributed by atoms with Gasteiger partial charge in [-0.25, -0.2) is 4.98 Å². The number of halogens is 1. The number of nitrogens with zero attached hydrogens (tertiary/aromatic N) is 2. The van der Waals surface area contributed by atoms with Crippen molar-refractivity contribution in [2.75, 3.05) is 19.0 Å². The van der Waals surface area contributed by atoms with Gasteiger partial charge in [0, 0.05) is 24.1 Å². The Morgan fingerprint density at radius 2 is 2.33 bits per heavy atom. The Morgan fingerprint density at radius 1 is 1.56 bits per heavy atom. The summed E-state index contributed by atoms with van der Waals surface area (Å²) in [4.78, 5) is 17.7. The Bertz CT molecular complexity index is 419. The van der Waals surface area contributed by atoms with Gasteiger partial charge in [-0.3, -0.25) is 4.79 Å². The maximum Gasteiger partial charge on any atom is 0.222 e. The van der Waals surface area contributed by atoms with E-state index in [9.17, 15) is 4.79 Å². The molecule has 2 heterocycles. The van der Waals surface area contributed by atoms with Gasteiger partial charge in [-0.05, 0) is 19.4 Å². The lowest BCUT2D eigenvalue weighted by molar-refractivity contribution is -0.140. The standard InChI is InChI=1S/C13H17ClN2O2/c1-10-4-2-5-12(15-10)18-11-8-16(9-11)13(17)6-3-7-14/h2,4-5,11H,3,6-9H2,1H3. The molecule has 98 valence electrons. The summed E-state index contributed by atoms with van der Waals surface area (Å²) in [6.45, 7) is 3.23. The summed E-state index contributed by atoms with van der Waals surface area (Å²) < 4.78 is 5.68. The summed E-state index contributed by atoms with van der Waals surface area (Å²) in [6.07, 6.45) is 1.33. The predicted molar refractivity (Wildman–Crippen MR) is 69.9 cm³/mol. The molecule has 4 nitrogen and oxygen atoms in total. The second-order valence-electron chi connectivity index (χ2n) is 4.45. The number of carbonyl (C=O) groups is 1. The van der Waals surface area contributed by atoms with Gasteiger partial charge in [0.05, 0.1) is 13.1 Å². The van der Waals surface area contributed by atoms with Gasteiger partial charge in [0.25, 0.3) is 0 Å². The van der Waals surface area contributed by atoms with Crippen LogP contribution in [-0.4, -0.2) is 40.9 Å². The Kier molecular flexibility index (Phi) is 4.42. The molecule has 5 heteroatoms. The van der Waals surface area contributed by atoms with Gasteiger partial charge in [0.15, 0.2) is 0 Å². The van der Waals surface area contributed by atoms with E-state index in [4.69, 9.17) is 16.3 Å². The monoisotopic (exact) mass is 268 g/mol. The third-order valence-electron chi connectivity index (χ3n) is 2.88. The maximum atomic E-state index is 11.6. The van der Waals surface area contributed by atoms with E-state index in [0.29, 0.717) is 31.3 Å². The first kappa shape index (κ1) is 13.1. The molecule has 0 radical (unpaired) electrons. The molecule has 2 rings (SSSR count). The second kappa shape index (κ2) is 6.05.